The molecule has 0 aliphatic rings. The Labute approximate surface area is 115 Å². The zero-order valence-electron chi connectivity index (χ0n) is 10.9. The van der Waals surface area contributed by atoms with Crippen molar-refractivity contribution in [3.8, 4) is 17.0 Å². The van der Waals surface area contributed by atoms with Crippen LogP contribution in [0.3, 0.4) is 0 Å². The lowest BCUT2D eigenvalue weighted by molar-refractivity contribution is 0.203. The lowest BCUT2D eigenvalue weighted by atomic mass is 10.1. The first-order valence-electron chi connectivity index (χ1n) is 6.19. The number of methoxy groups -OCH3 is 1. The van der Waals surface area contributed by atoms with Gasteiger partial charge in [-0.2, -0.15) is 4.73 Å². The van der Waals surface area contributed by atoms with Crippen LogP contribution in [0, 0.1) is 0 Å². The first-order valence-corrected chi connectivity index (χ1v) is 6.19. The van der Waals surface area contributed by atoms with Crippen LogP contribution >= 0.6 is 0 Å². The molecule has 1 heterocycles. The summed E-state index contributed by atoms with van der Waals surface area (Å²) in [6.07, 6.45) is 0. The molecule has 2 aromatic carbocycles. The molecule has 0 saturated carbocycles. The Kier molecular flexibility index (Phi) is 2.91. The number of fused-ring (bicyclic) bond motifs is 1. The molecular formula is C16H13NO3. The average molecular weight is 267 g/mol. The lowest BCUT2D eigenvalue weighted by Gasteiger charge is -2.11. The fourth-order valence-corrected chi connectivity index (χ4v) is 2.23. The van der Waals surface area contributed by atoms with Gasteiger partial charge in [-0.3, -0.25) is 4.79 Å². The van der Waals surface area contributed by atoms with Crippen LogP contribution in [-0.2, 0) is 0 Å². The number of hydrogen-bond acceptors (Lipinski definition) is 3. The van der Waals surface area contributed by atoms with E-state index in [9.17, 15) is 10.0 Å². The lowest BCUT2D eigenvalue weighted by Crippen LogP contribution is -2.09. The van der Waals surface area contributed by atoms with Gasteiger partial charge in [0, 0.05) is 17.0 Å². The van der Waals surface area contributed by atoms with E-state index in [2.05, 4.69) is 0 Å². The highest BCUT2D eigenvalue weighted by molar-refractivity contribution is 5.82. The minimum absolute atomic E-state index is 0.114. The number of hydrogen-bond donors (Lipinski definition) is 1. The molecule has 0 aliphatic carbocycles. The molecule has 0 fully saturated rings. The van der Waals surface area contributed by atoms with Crippen LogP contribution in [0.4, 0.5) is 0 Å². The summed E-state index contributed by atoms with van der Waals surface area (Å²) >= 11 is 0. The van der Waals surface area contributed by atoms with Gasteiger partial charge in [0.15, 0.2) is 5.43 Å². The van der Waals surface area contributed by atoms with E-state index in [1.807, 2.05) is 0 Å². The molecule has 0 spiro atoms. The van der Waals surface area contributed by atoms with Gasteiger partial charge in [-0.05, 0) is 36.4 Å². The molecule has 0 atom stereocenters. The summed E-state index contributed by atoms with van der Waals surface area (Å²) < 4.78 is 6.14. The summed E-state index contributed by atoms with van der Waals surface area (Å²) in [6.45, 7) is 0. The number of benzene rings is 2. The van der Waals surface area contributed by atoms with Crippen LogP contribution in [0.2, 0.25) is 0 Å². The second kappa shape index (κ2) is 4.74. The Balaban J connectivity index is 2.25. The summed E-state index contributed by atoms with van der Waals surface area (Å²) in [5, 5.41) is 10.8. The Morgan fingerprint density at radius 1 is 1.05 bits per heavy atom. The third kappa shape index (κ3) is 1.91. The molecule has 0 bridgehead atoms. The SMILES string of the molecule is COc1ccc(-c2cc(=O)c3ccccc3n2O)cc1. The molecule has 0 aliphatic heterocycles. The second-order valence-corrected chi connectivity index (χ2v) is 4.45. The fourth-order valence-electron chi connectivity index (χ4n) is 2.23. The van der Waals surface area contributed by atoms with Gasteiger partial charge in [-0.15, -0.1) is 0 Å². The highest BCUT2D eigenvalue weighted by atomic mass is 16.5. The van der Waals surface area contributed by atoms with E-state index in [4.69, 9.17) is 4.74 Å². The third-order valence-electron chi connectivity index (χ3n) is 3.28. The molecule has 1 N–H and O–H groups in total. The normalized spacial score (nSPS) is 10.7. The first kappa shape index (κ1) is 12.3. The maximum absolute atomic E-state index is 12.1. The Bertz CT molecular complexity index is 819. The van der Waals surface area contributed by atoms with Gasteiger partial charge in [-0.25, -0.2) is 0 Å². The van der Waals surface area contributed by atoms with Gasteiger partial charge in [0.25, 0.3) is 0 Å². The summed E-state index contributed by atoms with van der Waals surface area (Å²) in [5.74, 6) is 0.723. The van der Waals surface area contributed by atoms with E-state index < -0.39 is 0 Å². The van der Waals surface area contributed by atoms with Crippen LogP contribution in [0.25, 0.3) is 22.2 Å². The minimum atomic E-state index is -0.114. The minimum Gasteiger partial charge on any atom is -0.497 e. The van der Waals surface area contributed by atoms with Crippen molar-refractivity contribution in [2.24, 2.45) is 0 Å². The van der Waals surface area contributed by atoms with Crippen molar-refractivity contribution >= 4 is 10.9 Å². The van der Waals surface area contributed by atoms with Crippen LogP contribution in [-0.4, -0.2) is 17.0 Å². The van der Waals surface area contributed by atoms with Crippen molar-refractivity contribution in [1.29, 1.82) is 0 Å². The molecule has 0 amide bonds. The van der Waals surface area contributed by atoms with Crippen LogP contribution in [0.5, 0.6) is 5.75 Å². The monoisotopic (exact) mass is 267 g/mol. The Morgan fingerprint density at radius 2 is 1.75 bits per heavy atom. The smallest absolute Gasteiger partial charge is 0.190 e. The van der Waals surface area contributed by atoms with Gasteiger partial charge < -0.3 is 9.94 Å². The van der Waals surface area contributed by atoms with Crippen molar-refractivity contribution in [3.63, 3.8) is 0 Å². The van der Waals surface area contributed by atoms with Crippen LogP contribution in [0.1, 0.15) is 0 Å². The molecule has 4 heteroatoms. The summed E-state index contributed by atoms with van der Waals surface area (Å²) in [5.41, 5.74) is 1.58. The topological polar surface area (TPSA) is 51.5 Å². The van der Waals surface area contributed by atoms with Gasteiger partial charge >= 0.3 is 0 Å². The van der Waals surface area contributed by atoms with E-state index >= 15 is 0 Å². The molecule has 3 aromatic rings. The number of para-hydroxylation sites is 1. The van der Waals surface area contributed by atoms with Crippen molar-refractivity contribution in [3.05, 3.63) is 64.8 Å². The highest BCUT2D eigenvalue weighted by Crippen LogP contribution is 2.23. The van der Waals surface area contributed by atoms with E-state index in [-0.39, 0.29) is 5.43 Å². The van der Waals surface area contributed by atoms with Gasteiger partial charge in [0.05, 0.1) is 18.3 Å². The molecule has 0 radical (unpaired) electrons. The third-order valence-corrected chi connectivity index (χ3v) is 3.28. The Morgan fingerprint density at radius 3 is 2.45 bits per heavy atom. The standard InChI is InChI=1S/C16H13NO3/c1-20-12-8-6-11(7-9-12)15-10-16(18)13-4-2-3-5-14(13)17(15)19/h2-10,19H,1H3. The Hall–Kier alpha value is -2.75. The highest BCUT2D eigenvalue weighted by Gasteiger charge is 2.09. The summed E-state index contributed by atoms with van der Waals surface area (Å²) in [4.78, 5) is 12.1. The molecule has 0 unspecified atom stereocenters. The molecular weight excluding hydrogens is 254 g/mol. The van der Waals surface area contributed by atoms with Crippen molar-refractivity contribution in [2.45, 2.75) is 0 Å². The van der Waals surface area contributed by atoms with Gasteiger partial charge in [-0.1, -0.05) is 12.1 Å². The molecule has 4 nitrogen and oxygen atoms in total. The molecule has 100 valence electrons. The van der Waals surface area contributed by atoms with Crippen molar-refractivity contribution < 1.29 is 9.94 Å². The van der Waals surface area contributed by atoms with Gasteiger partial charge in [0.2, 0.25) is 0 Å². The number of rotatable bonds is 2. The van der Waals surface area contributed by atoms with E-state index in [0.717, 1.165) is 16.0 Å². The number of nitrogens with zero attached hydrogens (tertiary/aromatic N) is 1. The molecule has 3 rings (SSSR count). The number of pyridine rings is 1. The zero-order valence-corrected chi connectivity index (χ0v) is 10.9. The second-order valence-electron chi connectivity index (χ2n) is 4.45. The average Bonchev–Trinajstić information content (AvgIpc) is 2.51. The first-order chi connectivity index (χ1) is 9.70. The van der Waals surface area contributed by atoms with Crippen LogP contribution < -0.4 is 10.2 Å². The predicted octanol–water partition coefficient (Wildman–Crippen LogP) is 2.91. The van der Waals surface area contributed by atoms with E-state index in [1.165, 1.54) is 6.07 Å². The van der Waals surface area contributed by atoms with Crippen LogP contribution in [0.15, 0.2) is 59.4 Å². The largest absolute Gasteiger partial charge is 0.497 e. The quantitative estimate of drug-likeness (QED) is 0.726. The van der Waals surface area contributed by atoms with E-state index in [0.29, 0.717) is 16.6 Å². The van der Waals surface area contributed by atoms with Crippen molar-refractivity contribution in [1.82, 2.24) is 4.73 Å². The predicted molar refractivity (Wildman–Crippen MR) is 77.4 cm³/mol. The molecule has 0 saturated heterocycles. The maximum Gasteiger partial charge on any atom is 0.190 e. The van der Waals surface area contributed by atoms with E-state index in [1.54, 1.807) is 55.6 Å². The molecule has 20 heavy (non-hydrogen) atoms. The maximum atomic E-state index is 12.1. The van der Waals surface area contributed by atoms with Gasteiger partial charge in [0.1, 0.15) is 5.75 Å². The fraction of sp³-hybridized carbons (Fsp3) is 0.0625. The van der Waals surface area contributed by atoms with Crippen molar-refractivity contribution in [2.75, 3.05) is 7.11 Å². The summed E-state index contributed by atoms with van der Waals surface area (Å²) in [7, 11) is 1.59. The number of aromatic nitrogens is 1. The zero-order chi connectivity index (χ0) is 14.1. The molecule has 1 aromatic heterocycles. The summed E-state index contributed by atoms with van der Waals surface area (Å²) in [6, 6.07) is 15.6. The number of ether oxygens (including phenoxy) is 1.